The van der Waals surface area contributed by atoms with Crippen molar-refractivity contribution in [1.82, 2.24) is 0 Å². The van der Waals surface area contributed by atoms with Gasteiger partial charge in [0.1, 0.15) is 0 Å². The molecule has 0 spiro atoms. The van der Waals surface area contributed by atoms with Gasteiger partial charge in [-0.2, -0.15) is 0 Å². The standard InChI is InChI=1S/C16H19BrO/c1-16(2,3)18-15-13-8-10(9-14(15)17)11-6-4-5-7-12(11)13/h4-7,9-10,13,15H,8H2,1-3H3/t10-,13-,15-/m1/s1. The molecule has 0 N–H and O–H groups in total. The number of rotatable bonds is 1. The Kier molecular flexibility index (Phi) is 2.91. The third kappa shape index (κ3) is 2.06. The van der Waals surface area contributed by atoms with Crippen LogP contribution in [0.15, 0.2) is 34.8 Å². The molecule has 2 aliphatic rings. The Labute approximate surface area is 117 Å². The Morgan fingerprint density at radius 2 is 1.83 bits per heavy atom. The van der Waals surface area contributed by atoms with Gasteiger partial charge < -0.3 is 4.74 Å². The quantitative estimate of drug-likeness (QED) is 0.728. The van der Waals surface area contributed by atoms with Gasteiger partial charge in [0.25, 0.3) is 0 Å². The lowest BCUT2D eigenvalue weighted by Crippen LogP contribution is -2.32. The molecule has 2 heteroatoms. The highest BCUT2D eigenvalue weighted by molar-refractivity contribution is 9.11. The van der Waals surface area contributed by atoms with Gasteiger partial charge in [-0.15, -0.1) is 0 Å². The molecular formula is C16H19BrO. The highest BCUT2D eigenvalue weighted by atomic mass is 79.9. The average Bonchev–Trinajstić information content (AvgIpc) is 2.59. The predicted molar refractivity (Wildman–Crippen MR) is 78.2 cm³/mol. The molecule has 3 atom stereocenters. The van der Waals surface area contributed by atoms with Crippen LogP contribution in [0.2, 0.25) is 0 Å². The molecule has 96 valence electrons. The van der Waals surface area contributed by atoms with Crippen molar-refractivity contribution in [3.05, 3.63) is 46.0 Å². The minimum absolute atomic E-state index is 0.109. The molecule has 0 aliphatic heterocycles. The minimum Gasteiger partial charge on any atom is -0.367 e. The molecule has 3 rings (SSSR count). The normalized spacial score (nSPS) is 30.0. The number of benzene rings is 1. The molecular weight excluding hydrogens is 288 g/mol. The summed E-state index contributed by atoms with van der Waals surface area (Å²) in [4.78, 5) is 0. The molecule has 1 nitrogen and oxygen atoms in total. The second kappa shape index (κ2) is 4.21. The first kappa shape index (κ1) is 12.4. The van der Waals surface area contributed by atoms with E-state index in [1.54, 1.807) is 0 Å². The van der Waals surface area contributed by atoms with Crippen LogP contribution in [0.4, 0.5) is 0 Å². The van der Waals surface area contributed by atoms with Crippen LogP contribution in [0.1, 0.15) is 50.2 Å². The first-order chi connectivity index (χ1) is 8.46. The van der Waals surface area contributed by atoms with Gasteiger partial charge >= 0.3 is 0 Å². The number of halogens is 1. The lowest BCUT2D eigenvalue weighted by molar-refractivity contribution is -0.0520. The van der Waals surface area contributed by atoms with E-state index in [1.807, 2.05) is 0 Å². The highest BCUT2D eigenvalue weighted by Gasteiger charge is 2.41. The SMILES string of the molecule is CC(C)(C)O[C@H]1C(Br)=C[C@H]2C[C@@H]1c1ccccc12. The molecule has 0 unspecified atom stereocenters. The predicted octanol–water partition coefficient (Wildman–Crippen LogP) is 4.73. The zero-order valence-electron chi connectivity index (χ0n) is 11.1. The largest absolute Gasteiger partial charge is 0.367 e. The third-order valence-corrected chi connectivity index (χ3v) is 4.50. The van der Waals surface area contributed by atoms with Gasteiger partial charge in [0.05, 0.1) is 11.7 Å². The smallest absolute Gasteiger partial charge is 0.0962 e. The maximum absolute atomic E-state index is 6.26. The molecule has 0 radical (unpaired) electrons. The second-order valence-electron chi connectivity index (χ2n) is 6.28. The molecule has 1 aromatic carbocycles. The van der Waals surface area contributed by atoms with Crippen LogP contribution < -0.4 is 0 Å². The van der Waals surface area contributed by atoms with Crippen LogP contribution in [0.25, 0.3) is 0 Å². The van der Waals surface area contributed by atoms with Crippen molar-refractivity contribution in [3.63, 3.8) is 0 Å². The minimum atomic E-state index is -0.109. The number of fused-ring (bicyclic) bond motifs is 5. The summed E-state index contributed by atoms with van der Waals surface area (Å²) >= 11 is 3.72. The van der Waals surface area contributed by atoms with Crippen LogP contribution in [0.5, 0.6) is 0 Å². The molecule has 2 bridgehead atoms. The fraction of sp³-hybridized carbons (Fsp3) is 0.500. The van der Waals surface area contributed by atoms with Gasteiger partial charge in [-0.1, -0.05) is 46.3 Å². The third-order valence-electron chi connectivity index (χ3n) is 3.78. The molecule has 1 aromatic rings. The van der Waals surface area contributed by atoms with E-state index >= 15 is 0 Å². The second-order valence-corrected chi connectivity index (χ2v) is 7.20. The molecule has 18 heavy (non-hydrogen) atoms. The summed E-state index contributed by atoms with van der Waals surface area (Å²) in [6.45, 7) is 6.38. The topological polar surface area (TPSA) is 9.23 Å². The van der Waals surface area contributed by atoms with E-state index in [4.69, 9.17) is 4.74 Å². The van der Waals surface area contributed by atoms with Crippen LogP contribution >= 0.6 is 15.9 Å². The highest BCUT2D eigenvalue weighted by Crippen LogP contribution is 2.52. The van der Waals surface area contributed by atoms with E-state index in [2.05, 4.69) is 67.0 Å². The summed E-state index contributed by atoms with van der Waals surface area (Å²) in [5, 5.41) is 0. The van der Waals surface area contributed by atoms with E-state index in [1.165, 1.54) is 22.0 Å². The number of hydrogen-bond acceptors (Lipinski definition) is 1. The Morgan fingerprint density at radius 3 is 2.50 bits per heavy atom. The van der Waals surface area contributed by atoms with Crippen LogP contribution in [-0.4, -0.2) is 11.7 Å². The Hall–Kier alpha value is -0.600. The fourth-order valence-electron chi connectivity index (χ4n) is 3.16. The zero-order valence-corrected chi connectivity index (χ0v) is 12.7. The lowest BCUT2D eigenvalue weighted by Gasteiger charge is -2.34. The monoisotopic (exact) mass is 306 g/mol. The van der Waals surface area contributed by atoms with Crippen molar-refractivity contribution in [1.29, 1.82) is 0 Å². The van der Waals surface area contributed by atoms with Crippen molar-refractivity contribution < 1.29 is 4.74 Å². The fourth-order valence-corrected chi connectivity index (χ4v) is 3.89. The van der Waals surface area contributed by atoms with Crippen molar-refractivity contribution >= 4 is 15.9 Å². The molecule has 0 fully saturated rings. The lowest BCUT2D eigenvalue weighted by atomic mass is 9.89. The molecule has 0 saturated heterocycles. The van der Waals surface area contributed by atoms with E-state index in [-0.39, 0.29) is 11.7 Å². The van der Waals surface area contributed by atoms with E-state index in [0.717, 1.165) is 0 Å². The van der Waals surface area contributed by atoms with Gasteiger partial charge in [0.2, 0.25) is 0 Å². The van der Waals surface area contributed by atoms with Gasteiger partial charge in [0, 0.05) is 16.3 Å². The van der Waals surface area contributed by atoms with E-state index in [9.17, 15) is 0 Å². The summed E-state index contributed by atoms with van der Waals surface area (Å²) in [5.74, 6) is 1.07. The molecule has 0 heterocycles. The van der Waals surface area contributed by atoms with E-state index in [0.29, 0.717) is 11.8 Å². The number of hydrogen-bond donors (Lipinski definition) is 0. The van der Waals surface area contributed by atoms with Crippen LogP contribution in [-0.2, 0) is 4.74 Å². The Morgan fingerprint density at radius 1 is 1.17 bits per heavy atom. The summed E-state index contributed by atoms with van der Waals surface area (Å²) in [5.41, 5.74) is 2.85. The van der Waals surface area contributed by atoms with Crippen molar-refractivity contribution in [3.8, 4) is 0 Å². The van der Waals surface area contributed by atoms with Crippen molar-refractivity contribution in [2.45, 2.75) is 50.7 Å². The Bertz CT molecular complexity index is 498. The number of ether oxygens (including phenoxy) is 1. The van der Waals surface area contributed by atoms with Gasteiger partial charge in [-0.05, 0) is 38.3 Å². The van der Waals surface area contributed by atoms with Crippen LogP contribution in [0.3, 0.4) is 0 Å². The zero-order chi connectivity index (χ0) is 12.9. The maximum Gasteiger partial charge on any atom is 0.0962 e. The summed E-state index contributed by atoms with van der Waals surface area (Å²) in [6.07, 6.45) is 3.69. The first-order valence-corrected chi connectivity index (χ1v) is 7.39. The maximum atomic E-state index is 6.26. The molecule has 0 aromatic heterocycles. The van der Waals surface area contributed by atoms with Crippen molar-refractivity contribution in [2.75, 3.05) is 0 Å². The molecule has 2 aliphatic carbocycles. The molecule has 0 amide bonds. The van der Waals surface area contributed by atoms with E-state index < -0.39 is 0 Å². The molecule has 0 saturated carbocycles. The first-order valence-electron chi connectivity index (χ1n) is 6.59. The average molecular weight is 307 g/mol. The van der Waals surface area contributed by atoms with Gasteiger partial charge in [-0.3, -0.25) is 0 Å². The summed E-state index contributed by atoms with van der Waals surface area (Å²) in [6, 6.07) is 8.80. The summed E-state index contributed by atoms with van der Waals surface area (Å²) < 4.78 is 7.48. The van der Waals surface area contributed by atoms with Gasteiger partial charge in [-0.25, -0.2) is 0 Å². The Balaban J connectivity index is 1.99. The van der Waals surface area contributed by atoms with Gasteiger partial charge in [0.15, 0.2) is 0 Å². The van der Waals surface area contributed by atoms with Crippen molar-refractivity contribution in [2.24, 2.45) is 0 Å². The van der Waals surface area contributed by atoms with Crippen LogP contribution in [0, 0.1) is 0 Å². The number of allylic oxidation sites excluding steroid dienone is 1. The summed E-state index contributed by atoms with van der Waals surface area (Å²) in [7, 11) is 0.